The number of nitrogens with zero attached hydrogens (tertiary/aromatic N) is 1. The summed E-state index contributed by atoms with van der Waals surface area (Å²) in [4.78, 5) is 24.9. The Morgan fingerprint density at radius 1 is 1.17 bits per heavy atom. The SMILES string of the molecule is COc1cc(OC)c2cc(C(=O)c3ccc[n+](C)c3)c(=O)oc2c1. The van der Waals surface area contributed by atoms with Gasteiger partial charge in [-0.25, -0.2) is 9.36 Å². The van der Waals surface area contributed by atoms with Crippen LogP contribution in [0.1, 0.15) is 15.9 Å². The van der Waals surface area contributed by atoms with Crippen LogP contribution in [0.5, 0.6) is 11.5 Å². The Balaban J connectivity index is 2.21. The van der Waals surface area contributed by atoms with Gasteiger partial charge in [0.2, 0.25) is 5.78 Å². The van der Waals surface area contributed by atoms with Gasteiger partial charge in [0.25, 0.3) is 0 Å². The third kappa shape index (κ3) is 2.74. The molecule has 0 atom stereocenters. The van der Waals surface area contributed by atoms with E-state index in [9.17, 15) is 9.59 Å². The highest BCUT2D eigenvalue weighted by Crippen LogP contribution is 2.31. The smallest absolute Gasteiger partial charge is 0.347 e. The van der Waals surface area contributed by atoms with Crippen LogP contribution in [0.25, 0.3) is 11.0 Å². The number of ketones is 1. The maximum Gasteiger partial charge on any atom is 0.347 e. The zero-order valence-corrected chi connectivity index (χ0v) is 13.5. The number of benzene rings is 1. The summed E-state index contributed by atoms with van der Waals surface area (Å²) in [7, 11) is 4.80. The summed E-state index contributed by atoms with van der Waals surface area (Å²) in [6, 6.07) is 8.13. The zero-order chi connectivity index (χ0) is 17.3. The van der Waals surface area contributed by atoms with E-state index in [2.05, 4.69) is 0 Å². The van der Waals surface area contributed by atoms with Crippen molar-refractivity contribution in [2.75, 3.05) is 14.2 Å². The first-order valence-electron chi connectivity index (χ1n) is 7.23. The Labute approximate surface area is 137 Å². The lowest BCUT2D eigenvalue weighted by molar-refractivity contribution is -0.671. The molecule has 0 bridgehead atoms. The first-order valence-corrected chi connectivity index (χ1v) is 7.23. The fourth-order valence-electron chi connectivity index (χ4n) is 2.48. The number of carbonyl (C=O) groups is 1. The average Bonchev–Trinajstić information content (AvgIpc) is 2.59. The summed E-state index contributed by atoms with van der Waals surface area (Å²) in [5, 5.41) is 0.529. The molecule has 0 N–H and O–H groups in total. The van der Waals surface area contributed by atoms with Crippen LogP contribution in [-0.4, -0.2) is 20.0 Å². The van der Waals surface area contributed by atoms with Crippen LogP contribution in [0.3, 0.4) is 0 Å². The van der Waals surface area contributed by atoms with E-state index in [0.717, 1.165) is 0 Å². The number of hydrogen-bond acceptors (Lipinski definition) is 5. The highest BCUT2D eigenvalue weighted by molar-refractivity contribution is 6.09. The summed E-state index contributed by atoms with van der Waals surface area (Å²) in [6.45, 7) is 0. The Bertz CT molecular complexity index is 990. The number of aromatic nitrogens is 1. The first kappa shape index (κ1) is 15.7. The third-order valence-corrected chi connectivity index (χ3v) is 3.69. The topological polar surface area (TPSA) is 69.6 Å². The van der Waals surface area contributed by atoms with Gasteiger partial charge in [0.15, 0.2) is 12.4 Å². The molecule has 0 spiro atoms. The molecule has 0 saturated heterocycles. The van der Waals surface area contributed by atoms with Crippen LogP contribution in [0, 0.1) is 0 Å². The molecule has 0 aliphatic carbocycles. The van der Waals surface area contributed by atoms with Gasteiger partial charge in [-0.3, -0.25) is 4.79 Å². The van der Waals surface area contributed by atoms with Gasteiger partial charge in [-0.2, -0.15) is 0 Å². The second-order valence-electron chi connectivity index (χ2n) is 5.28. The van der Waals surface area contributed by atoms with Gasteiger partial charge in [0.1, 0.15) is 29.7 Å². The molecule has 0 unspecified atom stereocenters. The van der Waals surface area contributed by atoms with Crippen molar-refractivity contribution in [2.45, 2.75) is 0 Å². The minimum absolute atomic E-state index is 0.0443. The number of ether oxygens (including phenoxy) is 2. The Hall–Kier alpha value is -3.15. The molecule has 0 saturated carbocycles. The van der Waals surface area contributed by atoms with Crippen LogP contribution in [0.4, 0.5) is 0 Å². The van der Waals surface area contributed by atoms with Crippen molar-refractivity contribution in [1.82, 2.24) is 0 Å². The van der Waals surface area contributed by atoms with E-state index >= 15 is 0 Å². The van der Waals surface area contributed by atoms with Gasteiger partial charge in [0, 0.05) is 18.2 Å². The van der Waals surface area contributed by atoms with Crippen molar-refractivity contribution in [3.63, 3.8) is 0 Å². The molecular formula is C18H16NO5+. The lowest BCUT2D eigenvalue weighted by atomic mass is 10.0. The molecule has 2 aromatic heterocycles. The van der Waals surface area contributed by atoms with E-state index in [1.165, 1.54) is 20.3 Å². The molecule has 6 nitrogen and oxygen atoms in total. The number of hydrogen-bond donors (Lipinski definition) is 0. The molecular weight excluding hydrogens is 310 g/mol. The molecule has 24 heavy (non-hydrogen) atoms. The van der Waals surface area contributed by atoms with Crippen LogP contribution in [-0.2, 0) is 7.05 Å². The zero-order valence-electron chi connectivity index (χ0n) is 13.5. The molecule has 122 valence electrons. The minimum atomic E-state index is -0.700. The molecule has 0 radical (unpaired) electrons. The monoisotopic (exact) mass is 326 g/mol. The maximum absolute atomic E-state index is 12.6. The van der Waals surface area contributed by atoms with Gasteiger partial charge in [0.05, 0.1) is 25.2 Å². The van der Waals surface area contributed by atoms with Gasteiger partial charge in [-0.05, 0) is 12.1 Å². The van der Waals surface area contributed by atoms with Crippen molar-refractivity contribution in [3.8, 4) is 11.5 Å². The molecule has 0 aliphatic heterocycles. The molecule has 6 heteroatoms. The van der Waals surface area contributed by atoms with Crippen LogP contribution < -0.4 is 19.7 Å². The van der Waals surface area contributed by atoms with Crippen molar-refractivity contribution < 1.29 is 23.3 Å². The maximum atomic E-state index is 12.6. The summed E-state index contributed by atoms with van der Waals surface area (Å²) < 4.78 is 17.5. The predicted molar refractivity (Wildman–Crippen MR) is 86.6 cm³/mol. The van der Waals surface area contributed by atoms with Gasteiger partial charge >= 0.3 is 5.63 Å². The van der Waals surface area contributed by atoms with E-state index in [4.69, 9.17) is 13.9 Å². The number of pyridine rings is 1. The summed E-state index contributed by atoms with van der Waals surface area (Å²) in [6.07, 6.45) is 3.45. The fraction of sp³-hybridized carbons (Fsp3) is 0.167. The minimum Gasteiger partial charge on any atom is -0.496 e. The van der Waals surface area contributed by atoms with Crippen molar-refractivity contribution in [1.29, 1.82) is 0 Å². The highest BCUT2D eigenvalue weighted by Gasteiger charge is 2.19. The highest BCUT2D eigenvalue weighted by atomic mass is 16.5. The number of methoxy groups -OCH3 is 2. The molecule has 0 amide bonds. The van der Waals surface area contributed by atoms with Gasteiger partial charge in [-0.15, -0.1) is 0 Å². The number of fused-ring (bicyclic) bond motifs is 1. The normalized spacial score (nSPS) is 10.6. The standard InChI is InChI=1S/C18H16NO5/c1-19-6-4-5-11(10-19)17(20)14-9-13-15(23-3)7-12(22-2)8-16(13)24-18(14)21/h4-10H,1-3H3/q+1. The van der Waals surface area contributed by atoms with E-state index < -0.39 is 11.4 Å². The first-order chi connectivity index (χ1) is 11.5. The van der Waals surface area contributed by atoms with Gasteiger partial charge in [-0.1, -0.05) is 0 Å². The predicted octanol–water partition coefficient (Wildman–Crippen LogP) is 1.87. The second-order valence-corrected chi connectivity index (χ2v) is 5.28. The van der Waals surface area contributed by atoms with Crippen LogP contribution >= 0.6 is 0 Å². The van der Waals surface area contributed by atoms with E-state index in [-0.39, 0.29) is 5.56 Å². The van der Waals surface area contributed by atoms with E-state index in [1.807, 2.05) is 0 Å². The molecule has 0 fully saturated rings. The number of carbonyl (C=O) groups excluding carboxylic acids is 1. The lowest BCUT2D eigenvalue weighted by Crippen LogP contribution is -2.28. The Morgan fingerprint density at radius 3 is 2.62 bits per heavy atom. The van der Waals surface area contributed by atoms with E-state index in [0.29, 0.717) is 28.0 Å². The average molecular weight is 326 g/mol. The summed E-state index contributed by atoms with van der Waals surface area (Å²) in [5.74, 6) is 0.553. The number of aryl methyl sites for hydroxylation is 1. The van der Waals surface area contributed by atoms with Crippen molar-refractivity contribution in [3.05, 3.63) is 64.3 Å². The molecule has 3 aromatic rings. The molecule has 1 aromatic carbocycles. The molecule has 2 heterocycles. The third-order valence-electron chi connectivity index (χ3n) is 3.69. The van der Waals surface area contributed by atoms with Crippen LogP contribution in [0.15, 0.2) is 51.9 Å². The molecule has 0 aliphatic rings. The van der Waals surface area contributed by atoms with Crippen molar-refractivity contribution >= 4 is 16.8 Å². The largest absolute Gasteiger partial charge is 0.496 e. The fourth-order valence-corrected chi connectivity index (χ4v) is 2.48. The quantitative estimate of drug-likeness (QED) is 0.416. The summed E-state index contributed by atoms with van der Waals surface area (Å²) in [5.41, 5.74) is -0.0445. The second kappa shape index (κ2) is 6.16. The van der Waals surface area contributed by atoms with Crippen LogP contribution in [0.2, 0.25) is 0 Å². The van der Waals surface area contributed by atoms with Crippen molar-refractivity contribution in [2.24, 2.45) is 7.05 Å². The Morgan fingerprint density at radius 2 is 1.96 bits per heavy atom. The van der Waals surface area contributed by atoms with E-state index in [1.54, 1.807) is 48.3 Å². The number of rotatable bonds is 4. The summed E-state index contributed by atoms with van der Waals surface area (Å²) >= 11 is 0. The Kier molecular flexibility index (Phi) is 4.04. The van der Waals surface area contributed by atoms with Gasteiger partial charge < -0.3 is 13.9 Å². The molecule has 3 rings (SSSR count). The lowest BCUT2D eigenvalue weighted by Gasteiger charge is -2.08.